The maximum absolute atomic E-state index is 11.8. The Morgan fingerprint density at radius 2 is 1.44 bits per heavy atom. The van der Waals surface area contributed by atoms with E-state index in [-0.39, 0.29) is 18.4 Å². The molecule has 1 saturated heterocycles. The summed E-state index contributed by atoms with van der Waals surface area (Å²) in [6.45, 7) is 5.26. The number of hydrogen-bond donors (Lipinski definition) is 0. The quantitative estimate of drug-likeness (QED) is 0.269. The first-order chi connectivity index (χ1) is 17.2. The van der Waals surface area contributed by atoms with Gasteiger partial charge in [-0.2, -0.15) is 0 Å². The minimum Gasteiger partial charge on any atom is -0.462 e. The number of halogens is 1. The molecule has 5 rings (SSSR count). The SMILES string of the molecule is CCOC(=O)c1ccc(C=CCN2CCC(=C3c4ccccc4C=Cc4ccccc43)CC2)cc1.Cl. The second kappa shape index (κ2) is 12.0. The number of benzene rings is 3. The molecular weight excluding hydrogens is 466 g/mol. The highest BCUT2D eigenvalue weighted by atomic mass is 35.5. The van der Waals surface area contributed by atoms with Crippen LogP contribution >= 0.6 is 12.4 Å². The van der Waals surface area contributed by atoms with Gasteiger partial charge in [0.1, 0.15) is 0 Å². The van der Waals surface area contributed by atoms with Crippen LogP contribution in [0.15, 0.2) is 84.4 Å². The minimum absolute atomic E-state index is 0. The van der Waals surface area contributed by atoms with Gasteiger partial charge < -0.3 is 4.74 Å². The number of rotatable bonds is 5. The number of piperidine rings is 1. The van der Waals surface area contributed by atoms with Gasteiger partial charge in [0.15, 0.2) is 0 Å². The van der Waals surface area contributed by atoms with E-state index < -0.39 is 0 Å². The van der Waals surface area contributed by atoms with E-state index in [9.17, 15) is 4.79 Å². The second-order valence-corrected chi connectivity index (χ2v) is 9.03. The van der Waals surface area contributed by atoms with Crippen molar-refractivity contribution in [3.63, 3.8) is 0 Å². The van der Waals surface area contributed by atoms with Crippen molar-refractivity contribution in [1.29, 1.82) is 0 Å². The van der Waals surface area contributed by atoms with Gasteiger partial charge in [0.25, 0.3) is 0 Å². The average molecular weight is 498 g/mol. The van der Waals surface area contributed by atoms with E-state index in [4.69, 9.17) is 4.74 Å². The van der Waals surface area contributed by atoms with Gasteiger partial charge in [-0.05, 0) is 65.3 Å². The summed E-state index contributed by atoms with van der Waals surface area (Å²) in [5.74, 6) is -0.268. The molecule has 0 radical (unpaired) electrons. The van der Waals surface area contributed by atoms with Crippen LogP contribution in [0.3, 0.4) is 0 Å². The maximum atomic E-state index is 11.8. The fraction of sp³-hybridized carbons (Fsp3) is 0.219. The van der Waals surface area contributed by atoms with Crippen LogP contribution in [0, 0.1) is 0 Å². The Balaban J connectivity index is 0.00000304. The number of fused-ring (bicyclic) bond motifs is 2. The number of carbonyl (C=O) groups excluding carboxylic acids is 1. The molecule has 3 nitrogen and oxygen atoms in total. The van der Waals surface area contributed by atoms with Gasteiger partial charge in [-0.1, -0.05) is 90.5 Å². The standard InChI is InChI=1S/C32H31NO2.ClH/c1-2-35-32(34)28-15-13-24(14-16-28)8-7-21-33-22-19-27(20-23-33)31-29-11-5-3-9-25(29)17-18-26-10-4-6-12-30(26)31;/h3-18H,2,19-23H2,1H3;1H. The van der Waals surface area contributed by atoms with Crippen molar-refractivity contribution in [2.75, 3.05) is 26.2 Å². The van der Waals surface area contributed by atoms with E-state index in [1.165, 1.54) is 27.8 Å². The third-order valence-corrected chi connectivity index (χ3v) is 6.81. The summed E-state index contributed by atoms with van der Waals surface area (Å²) < 4.78 is 5.06. The van der Waals surface area contributed by atoms with Crippen LogP contribution in [-0.2, 0) is 4.74 Å². The summed E-state index contributed by atoms with van der Waals surface area (Å²) in [5.41, 5.74) is 9.97. The summed E-state index contributed by atoms with van der Waals surface area (Å²) in [5, 5.41) is 0. The van der Waals surface area contributed by atoms with Crippen LogP contribution in [0.4, 0.5) is 0 Å². The van der Waals surface area contributed by atoms with Crippen LogP contribution in [0.2, 0.25) is 0 Å². The predicted octanol–water partition coefficient (Wildman–Crippen LogP) is 7.38. The molecule has 184 valence electrons. The molecule has 0 N–H and O–H groups in total. The van der Waals surface area contributed by atoms with Crippen molar-refractivity contribution in [2.45, 2.75) is 19.8 Å². The monoisotopic (exact) mass is 497 g/mol. The van der Waals surface area contributed by atoms with Gasteiger partial charge >= 0.3 is 5.97 Å². The molecule has 0 spiro atoms. The molecule has 0 aromatic heterocycles. The largest absolute Gasteiger partial charge is 0.462 e. The zero-order chi connectivity index (χ0) is 24.0. The van der Waals surface area contributed by atoms with Gasteiger partial charge in [0.05, 0.1) is 12.2 Å². The van der Waals surface area contributed by atoms with Crippen molar-refractivity contribution in [1.82, 2.24) is 4.90 Å². The van der Waals surface area contributed by atoms with Crippen LogP contribution in [0.5, 0.6) is 0 Å². The molecule has 1 heterocycles. The van der Waals surface area contributed by atoms with E-state index >= 15 is 0 Å². The zero-order valence-corrected chi connectivity index (χ0v) is 21.5. The lowest BCUT2D eigenvalue weighted by atomic mass is 9.86. The van der Waals surface area contributed by atoms with Crippen molar-refractivity contribution in [2.24, 2.45) is 0 Å². The molecule has 0 bridgehead atoms. The third-order valence-electron chi connectivity index (χ3n) is 6.81. The highest BCUT2D eigenvalue weighted by molar-refractivity contribution is 5.95. The molecule has 0 atom stereocenters. The molecule has 3 aromatic rings. The van der Waals surface area contributed by atoms with Gasteiger partial charge in [-0.25, -0.2) is 4.79 Å². The van der Waals surface area contributed by atoms with Gasteiger partial charge in [-0.3, -0.25) is 4.90 Å². The Bertz CT molecular complexity index is 1240. The van der Waals surface area contributed by atoms with E-state index in [1.807, 2.05) is 31.2 Å². The van der Waals surface area contributed by atoms with Crippen LogP contribution < -0.4 is 0 Å². The van der Waals surface area contributed by atoms with E-state index in [2.05, 4.69) is 77.7 Å². The number of ether oxygens (including phenoxy) is 1. The third kappa shape index (κ3) is 5.70. The number of esters is 1. The lowest BCUT2D eigenvalue weighted by Crippen LogP contribution is -2.31. The number of likely N-dealkylation sites (tertiary alicyclic amines) is 1. The van der Waals surface area contributed by atoms with E-state index in [0.29, 0.717) is 12.2 Å². The number of nitrogens with zero attached hydrogens (tertiary/aromatic N) is 1. The fourth-order valence-electron chi connectivity index (χ4n) is 4.98. The summed E-state index contributed by atoms with van der Waals surface area (Å²) in [6, 6.07) is 25.1. The summed E-state index contributed by atoms with van der Waals surface area (Å²) in [7, 11) is 0. The van der Waals surface area contributed by atoms with E-state index in [0.717, 1.165) is 38.0 Å². The maximum Gasteiger partial charge on any atom is 0.338 e. The predicted molar refractivity (Wildman–Crippen MR) is 152 cm³/mol. The summed E-state index contributed by atoms with van der Waals surface area (Å²) >= 11 is 0. The molecule has 0 unspecified atom stereocenters. The smallest absolute Gasteiger partial charge is 0.338 e. The van der Waals surface area contributed by atoms with Crippen molar-refractivity contribution < 1.29 is 9.53 Å². The molecule has 1 aliphatic carbocycles. The Kier molecular flexibility index (Phi) is 8.58. The Morgan fingerprint density at radius 3 is 2.03 bits per heavy atom. The number of carbonyl (C=O) groups is 1. The highest BCUT2D eigenvalue weighted by Gasteiger charge is 2.22. The fourth-order valence-corrected chi connectivity index (χ4v) is 4.98. The minimum atomic E-state index is -0.268. The zero-order valence-electron chi connectivity index (χ0n) is 20.7. The second-order valence-electron chi connectivity index (χ2n) is 9.03. The van der Waals surface area contributed by atoms with Crippen LogP contribution in [0.1, 0.15) is 57.9 Å². The molecule has 4 heteroatoms. The topological polar surface area (TPSA) is 29.5 Å². The van der Waals surface area contributed by atoms with Crippen molar-refractivity contribution >= 4 is 42.2 Å². The lowest BCUT2D eigenvalue weighted by molar-refractivity contribution is 0.0526. The van der Waals surface area contributed by atoms with Gasteiger partial charge in [0.2, 0.25) is 0 Å². The van der Waals surface area contributed by atoms with E-state index in [1.54, 1.807) is 5.57 Å². The molecular formula is C32H32ClNO2. The molecule has 2 aliphatic rings. The summed E-state index contributed by atoms with van der Waals surface area (Å²) in [4.78, 5) is 14.3. The Morgan fingerprint density at radius 1 is 0.861 bits per heavy atom. The first-order valence-corrected chi connectivity index (χ1v) is 12.5. The molecule has 36 heavy (non-hydrogen) atoms. The average Bonchev–Trinajstić information content (AvgIpc) is 3.07. The molecule has 3 aromatic carbocycles. The van der Waals surface area contributed by atoms with Crippen molar-refractivity contribution in [3.05, 3.63) is 118 Å². The normalized spacial score (nSPS) is 15.1. The molecule has 1 aliphatic heterocycles. The first-order valence-electron chi connectivity index (χ1n) is 12.5. The first kappa shape index (κ1) is 25.7. The molecule has 0 saturated carbocycles. The van der Waals surface area contributed by atoms with Crippen LogP contribution in [0.25, 0.3) is 23.8 Å². The van der Waals surface area contributed by atoms with Crippen molar-refractivity contribution in [3.8, 4) is 0 Å². The van der Waals surface area contributed by atoms with Crippen LogP contribution in [-0.4, -0.2) is 37.1 Å². The van der Waals surface area contributed by atoms with Gasteiger partial charge in [-0.15, -0.1) is 12.4 Å². The molecule has 1 fully saturated rings. The Labute approximate surface area is 220 Å². The molecule has 0 amide bonds. The highest BCUT2D eigenvalue weighted by Crippen LogP contribution is 2.38. The Hall–Kier alpha value is -3.40. The van der Waals surface area contributed by atoms with Gasteiger partial charge in [0, 0.05) is 19.6 Å². The summed E-state index contributed by atoms with van der Waals surface area (Å²) in [6.07, 6.45) is 11.0. The lowest BCUT2D eigenvalue weighted by Gasteiger charge is -2.29. The number of hydrogen-bond acceptors (Lipinski definition) is 3.